The molecule has 26 heavy (non-hydrogen) atoms. The summed E-state index contributed by atoms with van der Waals surface area (Å²) in [6.45, 7) is 4.47. The normalized spacial score (nSPS) is 21.4. The molecular weight excluding hydrogens is 340 g/mol. The topological polar surface area (TPSA) is 48.9 Å². The fourth-order valence-electron chi connectivity index (χ4n) is 3.94. The van der Waals surface area contributed by atoms with Gasteiger partial charge in [0, 0.05) is 5.56 Å². The molecule has 2 heterocycles. The van der Waals surface area contributed by atoms with E-state index in [2.05, 4.69) is 42.4 Å². The van der Waals surface area contributed by atoms with Gasteiger partial charge >= 0.3 is 0 Å². The van der Waals surface area contributed by atoms with E-state index in [-0.39, 0.29) is 0 Å². The number of hydrogen-bond donors (Lipinski definition) is 2. The largest absolute Gasteiger partial charge is 0.508 e. The van der Waals surface area contributed by atoms with E-state index >= 15 is 0 Å². The van der Waals surface area contributed by atoms with Crippen LogP contribution in [0.1, 0.15) is 50.7 Å². The minimum absolute atomic E-state index is 0.388. The van der Waals surface area contributed by atoms with Crippen LogP contribution in [0, 0.1) is 11.8 Å². The number of aromatic nitrogens is 2. The Labute approximate surface area is 158 Å². The van der Waals surface area contributed by atoms with Gasteiger partial charge in [-0.15, -0.1) is 11.3 Å². The third-order valence-electron chi connectivity index (χ3n) is 5.59. The molecule has 1 aliphatic carbocycles. The number of thiophene rings is 1. The Bertz CT molecular complexity index is 915. The van der Waals surface area contributed by atoms with Crippen molar-refractivity contribution >= 4 is 28.1 Å². The lowest BCUT2D eigenvalue weighted by molar-refractivity contribution is 0.328. The first-order valence-corrected chi connectivity index (χ1v) is 10.5. The van der Waals surface area contributed by atoms with Gasteiger partial charge < -0.3 is 10.1 Å². The predicted molar refractivity (Wildman–Crippen MR) is 111 cm³/mol. The molecule has 2 N–H and O–H groups in total. The zero-order chi connectivity index (χ0) is 18.1. The molecule has 0 radical (unpaired) electrons. The number of fused-ring (bicyclic) bond motifs is 1. The number of imidazole rings is 1. The van der Waals surface area contributed by atoms with Crippen molar-refractivity contribution in [2.45, 2.75) is 46.0 Å². The van der Waals surface area contributed by atoms with Gasteiger partial charge in [-0.05, 0) is 60.3 Å². The number of allylic oxidation sites excluding steroid dienone is 1. The van der Waals surface area contributed by atoms with Gasteiger partial charge in [0.05, 0.1) is 15.9 Å². The van der Waals surface area contributed by atoms with E-state index in [9.17, 15) is 5.11 Å². The smallest absolute Gasteiger partial charge is 0.148 e. The third-order valence-corrected chi connectivity index (χ3v) is 6.47. The summed E-state index contributed by atoms with van der Waals surface area (Å²) >= 11 is 1.68. The summed E-state index contributed by atoms with van der Waals surface area (Å²) in [5, 5.41) is 12.9. The number of rotatable bonds is 4. The van der Waals surface area contributed by atoms with E-state index in [0.717, 1.165) is 39.6 Å². The number of benzene rings is 1. The van der Waals surface area contributed by atoms with Crippen molar-refractivity contribution in [1.82, 2.24) is 9.97 Å². The van der Waals surface area contributed by atoms with Crippen LogP contribution in [0.5, 0.6) is 0 Å². The minimum Gasteiger partial charge on any atom is -0.508 e. The van der Waals surface area contributed by atoms with Crippen LogP contribution in [0.15, 0.2) is 35.7 Å². The Morgan fingerprint density at radius 2 is 2.08 bits per heavy atom. The lowest BCUT2D eigenvalue weighted by atomic mass is 9.82. The van der Waals surface area contributed by atoms with Gasteiger partial charge in [0.2, 0.25) is 0 Å². The third kappa shape index (κ3) is 3.30. The molecule has 1 aliphatic rings. The van der Waals surface area contributed by atoms with Gasteiger partial charge in [-0.3, -0.25) is 0 Å². The summed E-state index contributed by atoms with van der Waals surface area (Å²) in [5.74, 6) is 2.57. The number of aryl methyl sites for hydroxylation is 1. The van der Waals surface area contributed by atoms with Gasteiger partial charge in [0.1, 0.15) is 11.6 Å². The number of aromatic amines is 1. The minimum atomic E-state index is 0.388. The molecule has 136 valence electrons. The summed E-state index contributed by atoms with van der Waals surface area (Å²) in [6, 6.07) is 8.25. The number of nitrogens with one attached hydrogen (secondary N) is 1. The molecule has 1 aromatic carbocycles. The highest BCUT2D eigenvalue weighted by atomic mass is 32.1. The standard InChI is InChI=1S/C22H26N2OS/c1-3-16-10-11-17(18(25)13-15-8-6-14(2)7-9-15)21-20(16)23-22(24-21)19-5-4-12-26-19/h4-5,10-15,25H,3,6-9H2,1-2H3,(H,23,24). The van der Waals surface area contributed by atoms with E-state index in [1.165, 1.54) is 31.2 Å². The molecule has 0 saturated heterocycles. The predicted octanol–water partition coefficient (Wildman–Crippen LogP) is 6.58. The Morgan fingerprint density at radius 3 is 2.77 bits per heavy atom. The molecule has 4 heteroatoms. The fourth-order valence-corrected chi connectivity index (χ4v) is 4.61. The highest BCUT2D eigenvalue weighted by molar-refractivity contribution is 7.13. The second kappa shape index (κ2) is 7.28. The first kappa shape index (κ1) is 17.3. The van der Waals surface area contributed by atoms with Crippen molar-refractivity contribution in [3.05, 3.63) is 46.8 Å². The van der Waals surface area contributed by atoms with Crippen LogP contribution in [-0.2, 0) is 6.42 Å². The maximum absolute atomic E-state index is 10.9. The van der Waals surface area contributed by atoms with Gasteiger partial charge in [0.25, 0.3) is 0 Å². The molecule has 0 aliphatic heterocycles. The van der Waals surface area contributed by atoms with Gasteiger partial charge in [0.15, 0.2) is 0 Å². The first-order valence-electron chi connectivity index (χ1n) is 9.62. The zero-order valence-electron chi connectivity index (χ0n) is 15.5. The van der Waals surface area contributed by atoms with Crippen LogP contribution in [0.25, 0.3) is 27.5 Å². The SMILES string of the molecule is CCc1ccc(C(O)=CC2CCC(C)CC2)c2[nH]c(-c3cccs3)nc12. The van der Waals surface area contributed by atoms with Crippen LogP contribution in [-0.4, -0.2) is 15.1 Å². The second-order valence-corrected chi connectivity index (χ2v) is 8.43. The molecule has 0 unspecified atom stereocenters. The number of aliphatic hydroxyl groups excluding tert-OH is 1. The van der Waals surface area contributed by atoms with Crippen molar-refractivity contribution in [3.63, 3.8) is 0 Å². The van der Waals surface area contributed by atoms with Gasteiger partial charge in [-0.2, -0.15) is 0 Å². The van der Waals surface area contributed by atoms with Crippen molar-refractivity contribution in [3.8, 4) is 10.7 Å². The Balaban J connectivity index is 1.75. The number of aliphatic hydroxyl groups is 1. The average Bonchev–Trinajstić information content (AvgIpc) is 3.32. The van der Waals surface area contributed by atoms with E-state index in [1.807, 2.05) is 12.1 Å². The molecule has 1 fully saturated rings. The molecule has 3 nitrogen and oxygen atoms in total. The molecule has 2 aromatic heterocycles. The Morgan fingerprint density at radius 1 is 1.27 bits per heavy atom. The molecule has 3 aromatic rings. The van der Waals surface area contributed by atoms with Crippen LogP contribution >= 0.6 is 11.3 Å². The molecule has 4 rings (SSSR count). The Hall–Kier alpha value is -2.07. The van der Waals surface area contributed by atoms with Crippen molar-refractivity contribution in [1.29, 1.82) is 0 Å². The van der Waals surface area contributed by atoms with Crippen molar-refractivity contribution < 1.29 is 5.11 Å². The van der Waals surface area contributed by atoms with Crippen molar-refractivity contribution in [2.75, 3.05) is 0 Å². The summed E-state index contributed by atoms with van der Waals surface area (Å²) in [5.41, 5.74) is 4.00. The Kier molecular flexibility index (Phi) is 4.86. The van der Waals surface area contributed by atoms with E-state index in [1.54, 1.807) is 11.3 Å². The van der Waals surface area contributed by atoms with E-state index in [4.69, 9.17) is 4.98 Å². The van der Waals surface area contributed by atoms with Gasteiger partial charge in [-0.25, -0.2) is 4.98 Å². The van der Waals surface area contributed by atoms with Crippen LogP contribution in [0.3, 0.4) is 0 Å². The van der Waals surface area contributed by atoms with Crippen molar-refractivity contribution in [2.24, 2.45) is 11.8 Å². The van der Waals surface area contributed by atoms with E-state index < -0.39 is 0 Å². The summed E-state index contributed by atoms with van der Waals surface area (Å²) in [4.78, 5) is 9.43. The number of hydrogen-bond acceptors (Lipinski definition) is 3. The maximum atomic E-state index is 10.9. The number of nitrogens with zero attached hydrogens (tertiary/aromatic N) is 1. The summed E-state index contributed by atoms with van der Waals surface area (Å²) in [6.07, 6.45) is 7.85. The lowest BCUT2D eigenvalue weighted by Gasteiger charge is -2.24. The first-order chi connectivity index (χ1) is 12.7. The molecule has 0 atom stereocenters. The average molecular weight is 367 g/mol. The monoisotopic (exact) mass is 366 g/mol. The summed E-state index contributed by atoms with van der Waals surface area (Å²) < 4.78 is 0. The van der Waals surface area contributed by atoms with Crippen LogP contribution in [0.2, 0.25) is 0 Å². The maximum Gasteiger partial charge on any atom is 0.148 e. The summed E-state index contributed by atoms with van der Waals surface area (Å²) in [7, 11) is 0. The lowest BCUT2D eigenvalue weighted by Crippen LogP contribution is -2.10. The second-order valence-electron chi connectivity index (χ2n) is 7.48. The van der Waals surface area contributed by atoms with Gasteiger partial charge in [-0.1, -0.05) is 38.8 Å². The highest BCUT2D eigenvalue weighted by Crippen LogP contribution is 2.34. The van der Waals surface area contributed by atoms with Crippen LogP contribution in [0.4, 0.5) is 0 Å². The fraction of sp³-hybridized carbons (Fsp3) is 0.409. The molecule has 0 spiro atoms. The molecule has 0 amide bonds. The molecule has 0 bridgehead atoms. The van der Waals surface area contributed by atoms with E-state index in [0.29, 0.717) is 11.7 Å². The molecule has 1 saturated carbocycles. The number of H-pyrrole nitrogens is 1. The zero-order valence-corrected chi connectivity index (χ0v) is 16.3. The quantitative estimate of drug-likeness (QED) is 0.512. The van der Waals surface area contributed by atoms with Crippen LogP contribution < -0.4 is 0 Å². The molecular formula is C22H26N2OS. The highest BCUT2D eigenvalue weighted by Gasteiger charge is 2.19.